The van der Waals surface area contributed by atoms with Gasteiger partial charge in [0, 0.05) is 54.7 Å². The number of alkyl halides is 2. The van der Waals surface area contributed by atoms with Gasteiger partial charge in [0.05, 0.1) is 35.3 Å². The molecule has 75 heavy (non-hydrogen) atoms. The van der Waals surface area contributed by atoms with E-state index in [2.05, 4.69) is 27.8 Å². The predicted octanol–water partition coefficient (Wildman–Crippen LogP) is 4.60. The van der Waals surface area contributed by atoms with Gasteiger partial charge in [-0.25, -0.2) is 0 Å². The molecule has 0 spiro atoms. The van der Waals surface area contributed by atoms with Crippen LogP contribution in [0.3, 0.4) is 0 Å². The topological polar surface area (TPSA) is 258 Å². The van der Waals surface area contributed by atoms with Crippen molar-refractivity contribution >= 4 is 76.3 Å². The summed E-state index contributed by atoms with van der Waals surface area (Å²) >= 11 is 0.930. The summed E-state index contributed by atoms with van der Waals surface area (Å²) in [6.45, 7) is 5.69. The number of thiophene rings is 1. The zero-order valence-electron chi connectivity index (χ0n) is 41.1. The highest BCUT2D eigenvalue weighted by atomic mass is 32.1. The Bertz CT molecular complexity index is 3060. The number of carbonyl (C=O) groups excluding carboxylic acids is 8. The maximum Gasteiger partial charge on any atom is 0.399 e. The van der Waals surface area contributed by atoms with Gasteiger partial charge in [-0.2, -0.15) is 8.78 Å². The second-order valence-electron chi connectivity index (χ2n) is 19.8. The van der Waals surface area contributed by atoms with Crippen LogP contribution in [0.1, 0.15) is 112 Å². The minimum atomic E-state index is -5.86. The number of amides is 8. The standard InChI is InChI=1S/C52H55F2N6O13PS/c1-51(2,3)44(57-46(64)41-25-32-24-33(15-18-40(32)75-41)52(53,54)74(69,70)71)50(68)59-27-34(26-38(59)49(67)58-21-22-72-39(28-58)31-12-8-6-9-13-31)73-29-43(62)55-20-10-5-4-7-11-30-14-16-35-36(23-30)48(66)60(47(35)65)37-17-19-42(61)56-45(37)63/h6,8-9,12-16,18,23-25,34,37-39,44H,4-5,10,17,19-22,26-29H2,1-3H3,(H,55,62)(H,57,64)(H,56,61,63)(H2,69,70,71)/t34-,37?,38-,39-,44+/m0/s1. The Morgan fingerprint density at radius 3 is 2.43 bits per heavy atom. The molecule has 3 saturated heterocycles. The van der Waals surface area contributed by atoms with Gasteiger partial charge in [-0.15, -0.1) is 11.3 Å². The SMILES string of the molecule is CC(C)(C)[C@H](NC(=O)c1cc2cc(C(F)(F)P(=O)(O)O)ccc2s1)C(=O)N1C[C@@H](OCC(=O)NCCCCC#Cc2ccc3c(c2)C(=O)N(C2CCC(=O)NC2=O)C3=O)C[C@H]1C(=O)N1CCO[C@H](c2ccccc2)C1. The van der Waals surface area contributed by atoms with Crippen molar-refractivity contribution in [2.24, 2.45) is 5.41 Å². The molecule has 3 fully saturated rings. The zero-order valence-corrected chi connectivity index (χ0v) is 42.8. The number of fused-ring (bicyclic) bond motifs is 2. The van der Waals surface area contributed by atoms with E-state index in [-0.39, 0.29) is 79.4 Å². The van der Waals surface area contributed by atoms with Crippen molar-refractivity contribution in [2.75, 3.05) is 39.4 Å². The number of nitrogens with one attached hydrogen (secondary N) is 3. The van der Waals surface area contributed by atoms with E-state index in [1.165, 1.54) is 29.2 Å². The molecule has 23 heteroatoms. The number of nitrogens with zero attached hydrogens (tertiary/aromatic N) is 3. The van der Waals surface area contributed by atoms with E-state index in [1.54, 1.807) is 31.7 Å². The number of hydrogen-bond acceptors (Lipinski definition) is 12. The summed E-state index contributed by atoms with van der Waals surface area (Å²) in [7, 11) is -5.86. The van der Waals surface area contributed by atoms with E-state index >= 15 is 0 Å². The van der Waals surface area contributed by atoms with E-state index in [1.807, 2.05) is 30.3 Å². The normalized spacial score (nSPS) is 20.6. The molecule has 8 amide bonds. The second kappa shape index (κ2) is 22.2. The summed E-state index contributed by atoms with van der Waals surface area (Å²) in [5, 5.41) is 7.90. The molecule has 0 bridgehead atoms. The number of hydrogen-bond donors (Lipinski definition) is 5. The van der Waals surface area contributed by atoms with Crippen molar-refractivity contribution in [3.05, 3.63) is 105 Å². The average molecular weight is 1070 g/mol. The van der Waals surface area contributed by atoms with Crippen molar-refractivity contribution in [1.82, 2.24) is 30.7 Å². The molecule has 5 heterocycles. The highest BCUT2D eigenvalue weighted by Crippen LogP contribution is 2.59. The molecule has 4 aliphatic heterocycles. The number of likely N-dealkylation sites (tertiary alicyclic amines) is 1. The summed E-state index contributed by atoms with van der Waals surface area (Å²) in [5.74, 6) is 1.50. The lowest BCUT2D eigenvalue weighted by Crippen LogP contribution is -2.58. The fourth-order valence-electron chi connectivity index (χ4n) is 9.38. The molecular formula is C52H55F2N6O13PS. The van der Waals surface area contributed by atoms with Gasteiger partial charge in [0.2, 0.25) is 29.5 Å². The average Bonchev–Trinajstić information content (AvgIpc) is 4.07. The van der Waals surface area contributed by atoms with Gasteiger partial charge < -0.3 is 39.7 Å². The molecule has 5 atom stereocenters. The minimum Gasteiger partial charge on any atom is -0.370 e. The highest BCUT2D eigenvalue weighted by molar-refractivity contribution is 7.52. The summed E-state index contributed by atoms with van der Waals surface area (Å²) < 4.78 is 53.1. The van der Waals surface area contributed by atoms with Crippen molar-refractivity contribution in [1.29, 1.82) is 0 Å². The summed E-state index contributed by atoms with van der Waals surface area (Å²) in [6.07, 6.45) is 0.512. The number of benzene rings is 3. The van der Waals surface area contributed by atoms with E-state index in [0.717, 1.165) is 33.9 Å². The quantitative estimate of drug-likeness (QED) is 0.0473. The number of piperidine rings is 1. The van der Waals surface area contributed by atoms with Gasteiger partial charge in [0.15, 0.2) is 0 Å². The number of imide groups is 2. The largest absolute Gasteiger partial charge is 0.399 e. The number of halogens is 2. The molecule has 0 radical (unpaired) electrons. The Morgan fingerprint density at radius 1 is 0.960 bits per heavy atom. The first-order valence-corrected chi connectivity index (χ1v) is 26.7. The number of unbranched alkanes of at least 4 members (excludes halogenated alkanes) is 2. The van der Waals surface area contributed by atoms with Gasteiger partial charge in [-0.05, 0) is 72.0 Å². The minimum absolute atomic E-state index is 0.0118. The molecule has 0 aliphatic carbocycles. The van der Waals surface area contributed by atoms with Crippen molar-refractivity contribution in [2.45, 2.75) is 95.3 Å². The van der Waals surface area contributed by atoms with Gasteiger partial charge >= 0.3 is 13.3 Å². The van der Waals surface area contributed by atoms with Crippen molar-refractivity contribution < 1.29 is 71.0 Å². The zero-order chi connectivity index (χ0) is 54.0. The van der Waals surface area contributed by atoms with E-state index < -0.39 is 95.9 Å². The van der Waals surface area contributed by atoms with Crippen LogP contribution in [-0.2, 0) is 43.7 Å². The molecule has 3 aromatic carbocycles. The molecule has 1 aromatic heterocycles. The summed E-state index contributed by atoms with van der Waals surface area (Å²) in [5.41, 5.74) is -4.70. The fraction of sp³-hybridized carbons (Fsp3) is 0.423. The van der Waals surface area contributed by atoms with Crippen LogP contribution in [0.4, 0.5) is 8.78 Å². The Labute approximate surface area is 433 Å². The Balaban J connectivity index is 0.879. The molecule has 1 unspecified atom stereocenters. The predicted molar refractivity (Wildman–Crippen MR) is 267 cm³/mol. The monoisotopic (exact) mass is 1070 g/mol. The van der Waals surface area contributed by atoms with Gasteiger partial charge in [-0.3, -0.25) is 53.1 Å². The van der Waals surface area contributed by atoms with Crippen molar-refractivity contribution in [3.63, 3.8) is 0 Å². The first-order chi connectivity index (χ1) is 35.5. The third kappa shape index (κ3) is 12.0. The molecule has 19 nitrogen and oxygen atoms in total. The Kier molecular flexibility index (Phi) is 16.2. The lowest BCUT2D eigenvalue weighted by Gasteiger charge is -2.38. The second-order valence-corrected chi connectivity index (χ2v) is 22.5. The third-order valence-electron chi connectivity index (χ3n) is 13.4. The van der Waals surface area contributed by atoms with E-state index in [4.69, 9.17) is 9.47 Å². The van der Waals surface area contributed by atoms with Crippen LogP contribution in [0.2, 0.25) is 0 Å². The molecule has 5 N–H and O–H groups in total. The number of morpholine rings is 1. The molecule has 4 aromatic rings. The van der Waals surface area contributed by atoms with E-state index in [9.17, 15) is 61.5 Å². The van der Waals surface area contributed by atoms with Gasteiger partial charge in [0.25, 0.3) is 17.7 Å². The van der Waals surface area contributed by atoms with Crippen LogP contribution in [0.25, 0.3) is 10.1 Å². The van der Waals surface area contributed by atoms with Crippen LogP contribution in [0.15, 0.2) is 72.8 Å². The van der Waals surface area contributed by atoms with Crippen LogP contribution in [-0.4, -0.2) is 135 Å². The first kappa shape index (κ1) is 54.5. The Morgan fingerprint density at radius 2 is 1.71 bits per heavy atom. The smallest absolute Gasteiger partial charge is 0.370 e. The van der Waals surface area contributed by atoms with Crippen LogP contribution in [0, 0.1) is 17.3 Å². The molecular weight excluding hydrogens is 1020 g/mol. The maximum atomic E-state index is 14.8. The third-order valence-corrected chi connectivity index (χ3v) is 15.5. The first-order valence-electron chi connectivity index (χ1n) is 24.3. The van der Waals surface area contributed by atoms with Gasteiger partial charge in [0.1, 0.15) is 30.8 Å². The lowest BCUT2D eigenvalue weighted by atomic mass is 9.85. The Hall–Kier alpha value is -6.73. The number of ether oxygens (including phenoxy) is 2. The summed E-state index contributed by atoms with van der Waals surface area (Å²) in [4.78, 5) is 129. The summed E-state index contributed by atoms with van der Waals surface area (Å²) in [6, 6.07) is 14.9. The highest BCUT2D eigenvalue weighted by Gasteiger charge is 2.51. The van der Waals surface area contributed by atoms with Crippen LogP contribution < -0.4 is 16.0 Å². The maximum absolute atomic E-state index is 14.8. The van der Waals surface area contributed by atoms with Gasteiger partial charge in [-0.1, -0.05) is 69.0 Å². The van der Waals surface area contributed by atoms with Crippen LogP contribution in [0.5, 0.6) is 0 Å². The van der Waals surface area contributed by atoms with E-state index in [0.29, 0.717) is 36.1 Å². The fourth-order valence-corrected chi connectivity index (χ4v) is 10.8. The lowest BCUT2D eigenvalue weighted by molar-refractivity contribution is -0.150. The molecule has 0 saturated carbocycles. The molecule has 396 valence electrons. The molecule has 8 rings (SSSR count). The number of rotatable bonds is 15. The van der Waals surface area contributed by atoms with Crippen molar-refractivity contribution in [3.8, 4) is 11.8 Å². The van der Waals surface area contributed by atoms with Crippen LogP contribution >= 0.6 is 18.9 Å². The molecule has 4 aliphatic rings. The number of carbonyl (C=O) groups is 8.